The third-order valence-corrected chi connectivity index (χ3v) is 5.83. The monoisotopic (exact) mass is 496 g/mol. The van der Waals surface area contributed by atoms with Gasteiger partial charge in [-0.15, -0.1) is 12.6 Å². The molecule has 35 heavy (non-hydrogen) atoms. The molecular weight excluding hydrogens is 464 g/mol. The maximum absolute atomic E-state index is 11.2. The fraction of sp³-hybridized carbons (Fsp3) is 0.321. The summed E-state index contributed by atoms with van der Waals surface area (Å²) >= 11 is 4.56. The van der Waals surface area contributed by atoms with Gasteiger partial charge in [0.25, 0.3) is 0 Å². The Morgan fingerprint density at radius 3 is 2.29 bits per heavy atom. The van der Waals surface area contributed by atoms with Crippen molar-refractivity contribution in [2.45, 2.75) is 44.6 Å². The van der Waals surface area contributed by atoms with E-state index >= 15 is 0 Å². The largest absolute Gasteiger partial charge is 0.496 e. The Morgan fingerprint density at radius 1 is 1.00 bits per heavy atom. The Labute approximate surface area is 212 Å². The first-order valence-corrected chi connectivity index (χ1v) is 11.9. The summed E-state index contributed by atoms with van der Waals surface area (Å²) in [5.41, 5.74) is 1.77. The highest BCUT2D eigenvalue weighted by Crippen LogP contribution is 2.31. The topological polar surface area (TPSA) is 74.2 Å². The normalized spacial score (nSPS) is 12.0. The number of benzene rings is 3. The molecule has 1 unspecified atom stereocenters. The van der Waals surface area contributed by atoms with Crippen LogP contribution < -0.4 is 18.9 Å². The zero-order valence-corrected chi connectivity index (χ0v) is 21.4. The van der Waals surface area contributed by atoms with E-state index in [1.165, 1.54) is 19.4 Å². The van der Waals surface area contributed by atoms with E-state index < -0.39 is 11.6 Å². The molecular formula is C28H32O6S. The Balaban J connectivity index is 1.52. The van der Waals surface area contributed by atoms with E-state index in [9.17, 15) is 9.90 Å². The summed E-state index contributed by atoms with van der Waals surface area (Å²) < 4.78 is 22.9. The van der Waals surface area contributed by atoms with Crippen molar-refractivity contribution in [3.8, 4) is 23.0 Å². The number of aryl methyl sites for hydroxylation is 1. The molecule has 0 saturated carbocycles. The molecule has 0 aliphatic heterocycles. The highest BCUT2D eigenvalue weighted by molar-refractivity contribution is 7.80. The van der Waals surface area contributed by atoms with Gasteiger partial charge in [0.15, 0.2) is 5.60 Å². The van der Waals surface area contributed by atoms with Gasteiger partial charge in [0.1, 0.15) is 28.4 Å². The first kappa shape index (κ1) is 26.3. The van der Waals surface area contributed by atoms with Crippen LogP contribution in [0.5, 0.6) is 23.0 Å². The van der Waals surface area contributed by atoms with Crippen molar-refractivity contribution in [3.05, 3.63) is 83.4 Å². The second-order valence-corrected chi connectivity index (χ2v) is 9.26. The summed E-state index contributed by atoms with van der Waals surface area (Å²) in [6.07, 6.45) is 1.34. The predicted molar refractivity (Wildman–Crippen MR) is 139 cm³/mol. The molecule has 0 spiro atoms. The lowest BCUT2D eigenvalue weighted by Gasteiger charge is -2.21. The van der Waals surface area contributed by atoms with E-state index in [1.54, 1.807) is 31.4 Å². The fourth-order valence-corrected chi connectivity index (χ4v) is 3.69. The summed E-state index contributed by atoms with van der Waals surface area (Å²) in [5, 5.41) is 9.17. The molecule has 0 bridgehead atoms. The molecule has 0 radical (unpaired) electrons. The zero-order valence-electron chi connectivity index (χ0n) is 20.5. The number of hydrogen-bond acceptors (Lipinski definition) is 6. The fourth-order valence-electron chi connectivity index (χ4n) is 3.47. The molecule has 0 aliphatic rings. The maximum Gasteiger partial charge on any atom is 0.347 e. The average molecular weight is 497 g/mol. The minimum Gasteiger partial charge on any atom is -0.496 e. The first-order chi connectivity index (χ1) is 16.7. The van der Waals surface area contributed by atoms with Gasteiger partial charge in [-0.25, -0.2) is 4.79 Å². The summed E-state index contributed by atoms with van der Waals surface area (Å²) in [6.45, 7) is 5.45. The van der Waals surface area contributed by atoms with Crippen LogP contribution in [0.4, 0.5) is 0 Å². The van der Waals surface area contributed by atoms with Gasteiger partial charge in [0.05, 0.1) is 13.7 Å². The molecule has 1 N–H and O–H groups in total. The van der Waals surface area contributed by atoms with E-state index in [1.807, 2.05) is 30.3 Å². The molecule has 0 fully saturated rings. The lowest BCUT2D eigenvalue weighted by Crippen LogP contribution is -2.37. The van der Waals surface area contributed by atoms with E-state index in [-0.39, 0.29) is 5.44 Å². The number of methoxy groups -OCH3 is 1. The van der Waals surface area contributed by atoms with E-state index in [2.05, 4.69) is 31.7 Å². The van der Waals surface area contributed by atoms with Gasteiger partial charge in [-0.1, -0.05) is 30.3 Å². The maximum atomic E-state index is 11.2. The minimum absolute atomic E-state index is 0.363. The van der Waals surface area contributed by atoms with Crippen molar-refractivity contribution < 1.29 is 28.8 Å². The van der Waals surface area contributed by atoms with Crippen LogP contribution in [0, 0.1) is 6.92 Å². The van der Waals surface area contributed by atoms with Gasteiger partial charge >= 0.3 is 5.97 Å². The zero-order chi connectivity index (χ0) is 25.4. The van der Waals surface area contributed by atoms with Gasteiger partial charge in [-0.3, -0.25) is 0 Å². The van der Waals surface area contributed by atoms with Crippen molar-refractivity contribution in [1.82, 2.24) is 0 Å². The number of rotatable bonds is 12. The summed E-state index contributed by atoms with van der Waals surface area (Å²) in [7, 11) is 1.66. The van der Waals surface area contributed by atoms with Crippen molar-refractivity contribution >= 4 is 18.6 Å². The van der Waals surface area contributed by atoms with Crippen LogP contribution in [0.15, 0.2) is 66.7 Å². The number of carboxylic acids is 1. The Hall–Kier alpha value is -3.32. The van der Waals surface area contributed by atoms with E-state index in [0.29, 0.717) is 30.3 Å². The standard InChI is InChI=1S/C28H32O6S/c1-19-16-23(18-25(31-4)24(19)17-20-8-6-5-7-9-20)33-26(35)14-15-32-21-10-12-22(13-11-21)34-28(2,3)27(29)30/h5-13,16,18,26,35H,14-15,17H2,1-4H3,(H,29,30). The molecule has 0 saturated heterocycles. The molecule has 3 rings (SSSR count). The van der Waals surface area contributed by atoms with E-state index in [4.69, 9.17) is 18.9 Å². The number of aliphatic carboxylic acids is 1. The van der Waals surface area contributed by atoms with Crippen molar-refractivity contribution in [2.75, 3.05) is 13.7 Å². The molecule has 3 aromatic rings. The quantitative estimate of drug-likeness (QED) is 0.239. The minimum atomic E-state index is -1.31. The van der Waals surface area contributed by atoms with Crippen LogP contribution in [-0.2, 0) is 11.2 Å². The molecule has 6 nitrogen and oxygen atoms in total. The van der Waals surface area contributed by atoms with Gasteiger partial charge in [-0.2, -0.15) is 0 Å². The third kappa shape index (κ3) is 7.59. The smallest absolute Gasteiger partial charge is 0.347 e. The van der Waals surface area contributed by atoms with Gasteiger partial charge in [-0.05, 0) is 62.2 Å². The molecule has 0 heterocycles. The van der Waals surface area contributed by atoms with Gasteiger partial charge in [0, 0.05) is 24.5 Å². The third-order valence-electron chi connectivity index (χ3n) is 5.47. The summed E-state index contributed by atoms with van der Waals surface area (Å²) in [4.78, 5) is 11.2. The molecule has 1 atom stereocenters. The number of carbonyl (C=O) groups is 1. The van der Waals surface area contributed by atoms with E-state index in [0.717, 1.165) is 23.3 Å². The lowest BCUT2D eigenvalue weighted by atomic mass is 9.99. The molecule has 0 amide bonds. The molecule has 186 valence electrons. The number of hydrogen-bond donors (Lipinski definition) is 2. The van der Waals surface area contributed by atoms with Crippen LogP contribution in [0.1, 0.15) is 37.0 Å². The van der Waals surface area contributed by atoms with Crippen molar-refractivity contribution in [1.29, 1.82) is 0 Å². The predicted octanol–water partition coefficient (Wildman–Crippen LogP) is 5.94. The summed E-state index contributed by atoms with van der Waals surface area (Å²) in [6, 6.07) is 21.0. The number of ether oxygens (including phenoxy) is 4. The molecule has 3 aromatic carbocycles. The Morgan fingerprint density at radius 2 is 1.66 bits per heavy atom. The number of carboxylic acid groups (broad SMARTS) is 1. The molecule has 0 aliphatic carbocycles. The number of thiol groups is 1. The van der Waals surface area contributed by atoms with Crippen molar-refractivity contribution in [2.24, 2.45) is 0 Å². The molecule has 0 aromatic heterocycles. The van der Waals surface area contributed by atoms with Crippen LogP contribution >= 0.6 is 12.6 Å². The summed E-state index contributed by atoms with van der Waals surface area (Å²) in [5.74, 6) is 1.55. The Bertz CT molecular complexity index is 1110. The highest BCUT2D eigenvalue weighted by atomic mass is 32.1. The molecule has 7 heteroatoms. The van der Waals surface area contributed by atoms with Crippen LogP contribution in [0.2, 0.25) is 0 Å². The van der Waals surface area contributed by atoms with Gasteiger partial charge < -0.3 is 24.1 Å². The second-order valence-electron chi connectivity index (χ2n) is 8.68. The second kappa shape index (κ2) is 11.9. The van der Waals surface area contributed by atoms with Crippen LogP contribution in [0.25, 0.3) is 0 Å². The van der Waals surface area contributed by atoms with Crippen LogP contribution in [-0.4, -0.2) is 35.8 Å². The average Bonchev–Trinajstić information content (AvgIpc) is 2.82. The SMILES string of the molecule is COc1cc(OC(S)CCOc2ccc(OC(C)(C)C(=O)O)cc2)cc(C)c1Cc1ccccc1. The Kier molecular flexibility index (Phi) is 8.93. The lowest BCUT2D eigenvalue weighted by molar-refractivity contribution is -0.152. The van der Waals surface area contributed by atoms with Crippen molar-refractivity contribution in [3.63, 3.8) is 0 Å². The van der Waals surface area contributed by atoms with Gasteiger partial charge in [0.2, 0.25) is 0 Å². The highest BCUT2D eigenvalue weighted by Gasteiger charge is 2.29. The van der Waals surface area contributed by atoms with Crippen LogP contribution in [0.3, 0.4) is 0 Å². The first-order valence-electron chi connectivity index (χ1n) is 11.4.